The molecule has 0 heterocycles. The second-order valence-corrected chi connectivity index (χ2v) is 4.17. The lowest BCUT2D eigenvalue weighted by Gasteiger charge is -2.09. The van der Waals surface area contributed by atoms with Crippen molar-refractivity contribution in [3.05, 3.63) is 34.9 Å². The van der Waals surface area contributed by atoms with Gasteiger partial charge in [0.1, 0.15) is 0 Å². The lowest BCUT2D eigenvalue weighted by Crippen LogP contribution is -2.14. The summed E-state index contributed by atoms with van der Waals surface area (Å²) in [5.41, 5.74) is 7.36. The molecule has 3 heteroatoms. The van der Waals surface area contributed by atoms with Crippen LogP contribution in [0.1, 0.15) is 18.9 Å². The van der Waals surface area contributed by atoms with E-state index in [-0.39, 0.29) is 17.8 Å². The van der Waals surface area contributed by atoms with E-state index in [2.05, 4.69) is 19.1 Å². The Hall–Kier alpha value is -0.240. The topological polar surface area (TPSA) is 26.0 Å². The van der Waals surface area contributed by atoms with E-state index in [1.165, 1.54) is 5.56 Å². The van der Waals surface area contributed by atoms with Gasteiger partial charge in [-0.15, -0.1) is 12.4 Å². The average Bonchev–Trinajstić information content (AvgIpc) is 2.62. The number of hydrogen-bond acceptors (Lipinski definition) is 1. The molecule has 1 aliphatic rings. The molecule has 1 aromatic carbocycles. The van der Waals surface area contributed by atoms with Gasteiger partial charge in [-0.05, 0) is 24.1 Å². The molecule has 2 atom stereocenters. The zero-order valence-corrected chi connectivity index (χ0v) is 9.03. The molecule has 0 aliphatic heterocycles. The summed E-state index contributed by atoms with van der Waals surface area (Å²) in [5.74, 6) is 0. The van der Waals surface area contributed by atoms with E-state index in [1.807, 2.05) is 12.1 Å². The van der Waals surface area contributed by atoms with Crippen LogP contribution in [0.3, 0.4) is 0 Å². The van der Waals surface area contributed by atoms with E-state index in [1.54, 1.807) is 0 Å². The molecule has 0 saturated heterocycles. The highest BCUT2D eigenvalue weighted by Gasteiger charge is 2.48. The van der Waals surface area contributed by atoms with Crippen molar-refractivity contribution in [2.24, 2.45) is 5.73 Å². The van der Waals surface area contributed by atoms with Gasteiger partial charge in [0.25, 0.3) is 0 Å². The molecule has 1 saturated carbocycles. The summed E-state index contributed by atoms with van der Waals surface area (Å²) in [5, 5.41) is 0.788. The van der Waals surface area contributed by atoms with Gasteiger partial charge in [-0.3, -0.25) is 0 Å². The Labute approximate surface area is 89.7 Å². The minimum atomic E-state index is 0. The SMILES string of the molecule is CC1(c2ccc(Cl)cc2)CC1N.Cl. The molecule has 1 fully saturated rings. The van der Waals surface area contributed by atoms with Gasteiger partial charge >= 0.3 is 0 Å². The average molecular weight is 218 g/mol. The van der Waals surface area contributed by atoms with Crippen LogP contribution >= 0.6 is 24.0 Å². The Morgan fingerprint density at radius 1 is 1.38 bits per heavy atom. The van der Waals surface area contributed by atoms with Crippen LogP contribution in [0.15, 0.2) is 24.3 Å². The first-order chi connectivity index (χ1) is 5.63. The zero-order valence-electron chi connectivity index (χ0n) is 7.46. The molecule has 0 bridgehead atoms. The first kappa shape index (κ1) is 10.8. The van der Waals surface area contributed by atoms with Crippen molar-refractivity contribution in [3.8, 4) is 0 Å². The predicted octanol–water partition coefficient (Wildman–Crippen LogP) is 2.75. The fourth-order valence-electron chi connectivity index (χ4n) is 1.56. The number of nitrogens with two attached hydrogens (primary N) is 1. The molecule has 72 valence electrons. The summed E-state index contributed by atoms with van der Waals surface area (Å²) in [6.07, 6.45) is 1.09. The second kappa shape index (κ2) is 3.49. The fraction of sp³-hybridized carbons (Fsp3) is 0.400. The maximum atomic E-state index is 5.84. The summed E-state index contributed by atoms with van der Waals surface area (Å²) in [7, 11) is 0. The van der Waals surface area contributed by atoms with Gasteiger partial charge in [0, 0.05) is 16.5 Å². The quantitative estimate of drug-likeness (QED) is 0.770. The molecule has 13 heavy (non-hydrogen) atoms. The van der Waals surface area contributed by atoms with Crippen molar-refractivity contribution in [2.75, 3.05) is 0 Å². The maximum absolute atomic E-state index is 5.84. The number of rotatable bonds is 1. The van der Waals surface area contributed by atoms with E-state index in [0.717, 1.165) is 11.4 Å². The highest BCUT2D eigenvalue weighted by Crippen LogP contribution is 2.46. The molecular weight excluding hydrogens is 205 g/mol. The normalized spacial score (nSPS) is 30.8. The summed E-state index contributed by atoms with van der Waals surface area (Å²) in [6.45, 7) is 2.20. The minimum Gasteiger partial charge on any atom is -0.327 e. The van der Waals surface area contributed by atoms with Gasteiger partial charge in [0.2, 0.25) is 0 Å². The lowest BCUT2D eigenvalue weighted by molar-refractivity contribution is 0.741. The third-order valence-corrected chi connectivity index (χ3v) is 3.06. The number of benzene rings is 1. The Morgan fingerprint density at radius 2 is 1.85 bits per heavy atom. The van der Waals surface area contributed by atoms with Crippen molar-refractivity contribution in [1.82, 2.24) is 0 Å². The van der Waals surface area contributed by atoms with Crippen molar-refractivity contribution in [2.45, 2.75) is 24.8 Å². The molecule has 1 aromatic rings. The standard InChI is InChI=1S/C10H12ClN.ClH/c1-10(6-9(10)12)7-2-4-8(11)5-3-7;/h2-5,9H,6,12H2,1H3;1H. The maximum Gasteiger partial charge on any atom is 0.0406 e. The van der Waals surface area contributed by atoms with Crippen LogP contribution in [0.5, 0.6) is 0 Å². The van der Waals surface area contributed by atoms with Crippen LogP contribution in [0.4, 0.5) is 0 Å². The van der Waals surface area contributed by atoms with Crippen LogP contribution in [-0.2, 0) is 5.41 Å². The van der Waals surface area contributed by atoms with Crippen LogP contribution in [-0.4, -0.2) is 6.04 Å². The van der Waals surface area contributed by atoms with Crippen LogP contribution < -0.4 is 5.73 Å². The van der Waals surface area contributed by atoms with E-state index >= 15 is 0 Å². The summed E-state index contributed by atoms with van der Waals surface area (Å²) < 4.78 is 0. The largest absolute Gasteiger partial charge is 0.327 e. The van der Waals surface area contributed by atoms with Crippen LogP contribution in [0.2, 0.25) is 5.02 Å². The van der Waals surface area contributed by atoms with Gasteiger partial charge in [-0.1, -0.05) is 30.7 Å². The smallest absolute Gasteiger partial charge is 0.0406 e. The Kier molecular flexibility index (Phi) is 2.91. The van der Waals surface area contributed by atoms with Crippen molar-refractivity contribution < 1.29 is 0 Å². The Balaban J connectivity index is 0.000000845. The summed E-state index contributed by atoms with van der Waals surface area (Å²) >= 11 is 5.79. The highest BCUT2D eigenvalue weighted by molar-refractivity contribution is 6.30. The molecule has 1 nitrogen and oxygen atoms in total. The monoisotopic (exact) mass is 217 g/mol. The van der Waals surface area contributed by atoms with Crippen LogP contribution in [0.25, 0.3) is 0 Å². The molecule has 0 spiro atoms. The van der Waals surface area contributed by atoms with Gasteiger partial charge in [-0.2, -0.15) is 0 Å². The highest BCUT2D eigenvalue weighted by atomic mass is 35.5. The molecule has 0 aromatic heterocycles. The van der Waals surface area contributed by atoms with Crippen molar-refractivity contribution >= 4 is 24.0 Å². The summed E-state index contributed by atoms with van der Waals surface area (Å²) in [6, 6.07) is 8.31. The van der Waals surface area contributed by atoms with Gasteiger partial charge < -0.3 is 5.73 Å². The summed E-state index contributed by atoms with van der Waals surface area (Å²) in [4.78, 5) is 0. The van der Waals surface area contributed by atoms with Gasteiger partial charge in [0.15, 0.2) is 0 Å². The fourth-order valence-corrected chi connectivity index (χ4v) is 1.69. The predicted molar refractivity (Wildman–Crippen MR) is 58.6 cm³/mol. The Bertz CT molecular complexity index is 296. The second-order valence-electron chi connectivity index (χ2n) is 3.73. The van der Waals surface area contributed by atoms with E-state index in [9.17, 15) is 0 Å². The zero-order chi connectivity index (χ0) is 8.77. The lowest BCUT2D eigenvalue weighted by atomic mass is 9.98. The van der Waals surface area contributed by atoms with Gasteiger partial charge in [0.05, 0.1) is 0 Å². The first-order valence-electron chi connectivity index (χ1n) is 4.14. The number of hydrogen-bond donors (Lipinski definition) is 1. The molecular formula is C10H13Cl2N. The van der Waals surface area contributed by atoms with Crippen molar-refractivity contribution in [1.29, 1.82) is 0 Å². The molecule has 2 rings (SSSR count). The van der Waals surface area contributed by atoms with E-state index in [0.29, 0.717) is 6.04 Å². The minimum absolute atomic E-state index is 0. The molecule has 2 N–H and O–H groups in total. The molecule has 1 aliphatic carbocycles. The van der Waals surface area contributed by atoms with E-state index < -0.39 is 0 Å². The number of halogens is 2. The van der Waals surface area contributed by atoms with Crippen molar-refractivity contribution in [3.63, 3.8) is 0 Å². The van der Waals surface area contributed by atoms with Gasteiger partial charge in [-0.25, -0.2) is 0 Å². The first-order valence-corrected chi connectivity index (χ1v) is 4.52. The van der Waals surface area contributed by atoms with Crippen LogP contribution in [0, 0.1) is 0 Å². The Morgan fingerprint density at radius 3 is 2.23 bits per heavy atom. The molecule has 2 unspecified atom stereocenters. The molecule has 0 radical (unpaired) electrons. The molecule has 0 amide bonds. The third-order valence-electron chi connectivity index (χ3n) is 2.81. The van der Waals surface area contributed by atoms with E-state index in [4.69, 9.17) is 17.3 Å². The third kappa shape index (κ3) is 1.83.